The number of nitrogens with one attached hydrogen (secondary N) is 1. The number of amides is 1. The molecule has 0 bridgehead atoms. The fraction of sp³-hybridized carbons (Fsp3) is 0.214. The number of fused-ring (bicyclic) bond motifs is 1. The van der Waals surface area contributed by atoms with E-state index in [-0.39, 0.29) is 6.42 Å². The topological polar surface area (TPSA) is 79.3 Å². The molecule has 0 aliphatic heterocycles. The first-order chi connectivity index (χ1) is 10.3. The molecule has 1 atom stereocenters. The number of rotatable bonds is 4. The van der Waals surface area contributed by atoms with Crippen LogP contribution in [0.4, 0.5) is 13.2 Å². The third-order valence-corrected chi connectivity index (χ3v) is 2.97. The molecule has 0 saturated heterocycles. The molecule has 2 aromatic rings. The summed E-state index contributed by atoms with van der Waals surface area (Å²) < 4.78 is 36.6. The number of aliphatic carboxylic acids is 1. The van der Waals surface area contributed by atoms with E-state index in [2.05, 4.69) is 4.98 Å². The fourth-order valence-corrected chi connectivity index (χ4v) is 1.93. The molecule has 116 valence electrons. The van der Waals surface area contributed by atoms with E-state index < -0.39 is 24.1 Å². The van der Waals surface area contributed by atoms with Crippen molar-refractivity contribution in [3.05, 3.63) is 42.1 Å². The molecule has 0 unspecified atom stereocenters. The predicted octanol–water partition coefficient (Wildman–Crippen LogP) is 1.91. The molecule has 2 rings (SSSR count). The monoisotopic (exact) mass is 312 g/mol. The number of benzene rings is 1. The van der Waals surface area contributed by atoms with Gasteiger partial charge in [0.15, 0.2) is 0 Å². The Morgan fingerprint density at radius 3 is 2.64 bits per heavy atom. The van der Waals surface area contributed by atoms with Gasteiger partial charge in [0.2, 0.25) is 0 Å². The highest BCUT2D eigenvalue weighted by Gasteiger charge is 2.40. The molecule has 1 aromatic heterocycles. The van der Waals surface area contributed by atoms with Crippen LogP contribution in [0.1, 0.15) is 5.56 Å². The maximum atomic E-state index is 12.2. The minimum atomic E-state index is -5.12. The molecular formula is C14H11F3N2O3. The van der Waals surface area contributed by atoms with Crippen LogP contribution in [0.25, 0.3) is 10.9 Å². The summed E-state index contributed by atoms with van der Waals surface area (Å²) >= 11 is 0. The normalized spacial score (nSPS) is 12.9. The van der Waals surface area contributed by atoms with Crippen molar-refractivity contribution >= 4 is 22.8 Å². The highest BCUT2D eigenvalue weighted by molar-refractivity contribution is 5.87. The number of carbonyl (C=O) groups excluding carboxylic acids is 1. The van der Waals surface area contributed by atoms with Crippen LogP contribution in [0.5, 0.6) is 0 Å². The van der Waals surface area contributed by atoms with Crippen molar-refractivity contribution in [3.63, 3.8) is 0 Å². The summed E-state index contributed by atoms with van der Waals surface area (Å²) in [5.41, 5.74) is 1.16. The van der Waals surface area contributed by atoms with Gasteiger partial charge < -0.3 is 10.4 Å². The van der Waals surface area contributed by atoms with Gasteiger partial charge in [0, 0.05) is 18.0 Å². The number of carboxylic acids is 1. The molecule has 1 aromatic carbocycles. The highest BCUT2D eigenvalue weighted by atomic mass is 19.4. The molecule has 0 aliphatic rings. The summed E-state index contributed by atoms with van der Waals surface area (Å²) in [4.78, 5) is 26.0. The van der Waals surface area contributed by atoms with Crippen molar-refractivity contribution in [2.75, 3.05) is 0 Å². The minimum Gasteiger partial charge on any atom is -0.480 e. The molecule has 0 aliphatic carbocycles. The van der Waals surface area contributed by atoms with Crippen molar-refractivity contribution in [1.29, 1.82) is 0 Å². The Morgan fingerprint density at radius 1 is 1.27 bits per heavy atom. The molecule has 22 heavy (non-hydrogen) atoms. The molecular weight excluding hydrogens is 301 g/mol. The van der Waals surface area contributed by atoms with Crippen molar-refractivity contribution < 1.29 is 27.9 Å². The van der Waals surface area contributed by atoms with Crippen LogP contribution in [0.3, 0.4) is 0 Å². The van der Waals surface area contributed by atoms with Crippen LogP contribution < -0.4 is 5.32 Å². The maximum Gasteiger partial charge on any atom is 0.471 e. The first kappa shape index (κ1) is 15.7. The van der Waals surface area contributed by atoms with Crippen LogP contribution in [0, 0.1) is 0 Å². The SMILES string of the molecule is O=C(O)[C@@H](Cc1ccc2ncccc2c1)NC(=O)C(F)(F)F. The molecule has 1 amide bonds. The Bertz CT molecular complexity index is 716. The van der Waals surface area contributed by atoms with Gasteiger partial charge >= 0.3 is 18.1 Å². The Morgan fingerprint density at radius 2 is 2.00 bits per heavy atom. The average molecular weight is 312 g/mol. The zero-order valence-corrected chi connectivity index (χ0v) is 11.1. The molecule has 1 heterocycles. The smallest absolute Gasteiger partial charge is 0.471 e. The molecule has 2 N–H and O–H groups in total. The Labute approximate surface area is 122 Å². The maximum absolute atomic E-state index is 12.2. The summed E-state index contributed by atoms with van der Waals surface area (Å²) in [5.74, 6) is -3.81. The lowest BCUT2D eigenvalue weighted by Gasteiger charge is -2.16. The van der Waals surface area contributed by atoms with Gasteiger partial charge in [-0.15, -0.1) is 0 Å². The van der Waals surface area contributed by atoms with Gasteiger partial charge in [0.1, 0.15) is 6.04 Å². The van der Waals surface area contributed by atoms with E-state index in [9.17, 15) is 22.8 Å². The molecule has 8 heteroatoms. The highest BCUT2D eigenvalue weighted by Crippen LogP contribution is 2.17. The fourth-order valence-electron chi connectivity index (χ4n) is 1.93. The summed E-state index contributed by atoms with van der Waals surface area (Å²) in [6.45, 7) is 0. The quantitative estimate of drug-likeness (QED) is 0.904. The number of alkyl halides is 3. The van der Waals surface area contributed by atoms with E-state index in [0.29, 0.717) is 11.1 Å². The first-order valence-electron chi connectivity index (χ1n) is 6.21. The number of hydrogen-bond donors (Lipinski definition) is 2. The van der Waals surface area contributed by atoms with Crippen molar-refractivity contribution in [2.24, 2.45) is 0 Å². The lowest BCUT2D eigenvalue weighted by Crippen LogP contribution is -2.47. The van der Waals surface area contributed by atoms with E-state index >= 15 is 0 Å². The number of carbonyl (C=O) groups is 2. The first-order valence-corrected chi connectivity index (χ1v) is 6.21. The average Bonchev–Trinajstić information content (AvgIpc) is 2.45. The number of carboxylic acid groups (broad SMARTS) is 1. The lowest BCUT2D eigenvalue weighted by molar-refractivity contribution is -0.175. The van der Waals surface area contributed by atoms with E-state index in [0.717, 1.165) is 5.39 Å². The van der Waals surface area contributed by atoms with Gasteiger partial charge in [-0.2, -0.15) is 13.2 Å². The summed E-state index contributed by atoms with van der Waals surface area (Å²) in [7, 11) is 0. The van der Waals surface area contributed by atoms with Gasteiger partial charge in [-0.1, -0.05) is 12.1 Å². The van der Waals surface area contributed by atoms with Crippen molar-refractivity contribution in [2.45, 2.75) is 18.6 Å². The predicted molar refractivity (Wildman–Crippen MR) is 71.1 cm³/mol. The number of hydrogen-bond acceptors (Lipinski definition) is 3. The molecule has 0 fully saturated rings. The minimum absolute atomic E-state index is 0.262. The molecule has 0 radical (unpaired) electrons. The Hall–Kier alpha value is -2.64. The zero-order chi connectivity index (χ0) is 16.3. The summed E-state index contributed by atoms with van der Waals surface area (Å²) in [6.07, 6.45) is -3.80. The van der Waals surface area contributed by atoms with Crippen LogP contribution in [0.2, 0.25) is 0 Å². The second-order valence-corrected chi connectivity index (χ2v) is 4.60. The van der Waals surface area contributed by atoms with E-state index in [1.165, 1.54) is 5.32 Å². The molecule has 5 nitrogen and oxygen atoms in total. The third kappa shape index (κ3) is 3.72. The third-order valence-electron chi connectivity index (χ3n) is 2.97. The Kier molecular flexibility index (Phi) is 4.30. The summed E-state index contributed by atoms with van der Waals surface area (Å²) in [6, 6.07) is 6.59. The number of aromatic nitrogens is 1. The number of nitrogens with zero attached hydrogens (tertiary/aromatic N) is 1. The van der Waals surface area contributed by atoms with Crippen LogP contribution in [-0.2, 0) is 16.0 Å². The van der Waals surface area contributed by atoms with E-state index in [1.54, 1.807) is 36.5 Å². The summed E-state index contributed by atoms with van der Waals surface area (Å²) in [5, 5.41) is 11.2. The molecule has 0 spiro atoms. The van der Waals surface area contributed by atoms with Crippen molar-refractivity contribution in [3.8, 4) is 0 Å². The van der Waals surface area contributed by atoms with Gasteiger partial charge in [0.25, 0.3) is 0 Å². The van der Waals surface area contributed by atoms with Gasteiger partial charge in [0.05, 0.1) is 5.52 Å². The van der Waals surface area contributed by atoms with Gasteiger partial charge in [-0.05, 0) is 23.8 Å². The van der Waals surface area contributed by atoms with Crippen LogP contribution in [0.15, 0.2) is 36.5 Å². The van der Waals surface area contributed by atoms with E-state index in [1.807, 2.05) is 0 Å². The Balaban J connectivity index is 2.19. The van der Waals surface area contributed by atoms with E-state index in [4.69, 9.17) is 5.11 Å². The molecule has 0 saturated carbocycles. The van der Waals surface area contributed by atoms with Crippen molar-refractivity contribution in [1.82, 2.24) is 10.3 Å². The standard InChI is InChI=1S/C14H11F3N2O3/c15-14(16,17)13(22)19-11(12(20)21)7-8-3-4-10-9(6-8)2-1-5-18-10/h1-6,11H,7H2,(H,19,22)(H,20,21)/t11-/m1/s1. The van der Waals surface area contributed by atoms with Gasteiger partial charge in [-0.25, -0.2) is 4.79 Å². The van der Waals surface area contributed by atoms with Gasteiger partial charge in [-0.3, -0.25) is 9.78 Å². The second-order valence-electron chi connectivity index (χ2n) is 4.60. The zero-order valence-electron chi connectivity index (χ0n) is 11.1. The largest absolute Gasteiger partial charge is 0.480 e. The lowest BCUT2D eigenvalue weighted by atomic mass is 10.0. The second kappa shape index (κ2) is 6.00. The number of halogens is 3. The van der Waals surface area contributed by atoms with Crippen LogP contribution in [-0.4, -0.2) is 34.2 Å². The number of pyridine rings is 1. The van der Waals surface area contributed by atoms with Crippen LogP contribution >= 0.6 is 0 Å².